The minimum atomic E-state index is -0.966. The molecule has 21 heavy (non-hydrogen) atoms. The van der Waals surface area contributed by atoms with Gasteiger partial charge in [0.1, 0.15) is 11.6 Å². The van der Waals surface area contributed by atoms with E-state index >= 15 is 0 Å². The number of non-ortho nitro benzene ring substituents is 1. The van der Waals surface area contributed by atoms with Crippen LogP contribution >= 0.6 is 0 Å². The van der Waals surface area contributed by atoms with Crippen molar-refractivity contribution in [1.29, 1.82) is 0 Å². The number of nitro groups is 1. The molecule has 106 valence electrons. The summed E-state index contributed by atoms with van der Waals surface area (Å²) in [6, 6.07) is 5.88. The topological polar surface area (TPSA) is 101 Å². The molecule has 0 radical (unpaired) electrons. The molecule has 0 saturated carbocycles. The van der Waals surface area contributed by atoms with Crippen molar-refractivity contribution in [1.82, 2.24) is 0 Å². The number of rotatable bonds is 4. The summed E-state index contributed by atoms with van der Waals surface area (Å²) < 4.78 is 31.4. The van der Waals surface area contributed by atoms with Crippen molar-refractivity contribution in [3.8, 4) is 11.5 Å². The van der Waals surface area contributed by atoms with Gasteiger partial charge in [0.2, 0.25) is 0 Å². The number of halogens is 2. The minimum Gasteiger partial charge on any atom is -0.454 e. The first-order chi connectivity index (χ1) is 9.99. The van der Waals surface area contributed by atoms with Gasteiger partial charge in [-0.05, 0) is 23.7 Å². The van der Waals surface area contributed by atoms with Crippen molar-refractivity contribution in [3.05, 3.63) is 68.6 Å². The van der Waals surface area contributed by atoms with E-state index in [1.54, 1.807) is 0 Å². The highest BCUT2D eigenvalue weighted by Gasteiger charge is 2.12. The fourth-order valence-corrected chi connectivity index (χ4v) is 1.53. The van der Waals surface area contributed by atoms with Crippen LogP contribution in [0.1, 0.15) is 0 Å². The third-order valence-electron chi connectivity index (χ3n) is 2.37. The van der Waals surface area contributed by atoms with Crippen LogP contribution < -0.4 is 4.74 Å². The molecule has 0 aliphatic heterocycles. The molecule has 0 heterocycles. The molecule has 0 bridgehead atoms. The van der Waals surface area contributed by atoms with Crippen molar-refractivity contribution in [2.24, 2.45) is 5.11 Å². The third kappa shape index (κ3) is 3.43. The molecule has 0 aromatic heterocycles. The van der Waals surface area contributed by atoms with Crippen molar-refractivity contribution in [2.75, 3.05) is 0 Å². The number of nitro benzene ring substituents is 1. The Kier molecular flexibility index (Phi) is 3.96. The summed E-state index contributed by atoms with van der Waals surface area (Å²) in [5.74, 6) is -2.18. The van der Waals surface area contributed by atoms with Gasteiger partial charge >= 0.3 is 0 Å². The van der Waals surface area contributed by atoms with Gasteiger partial charge in [-0.25, -0.2) is 8.78 Å². The molecule has 0 spiro atoms. The molecule has 2 aromatic carbocycles. The first-order valence-corrected chi connectivity index (χ1v) is 5.47. The van der Waals surface area contributed by atoms with Gasteiger partial charge < -0.3 is 4.74 Å². The molecule has 7 nitrogen and oxygen atoms in total. The fourth-order valence-electron chi connectivity index (χ4n) is 1.53. The van der Waals surface area contributed by atoms with Gasteiger partial charge in [0.15, 0.2) is 11.6 Å². The predicted molar refractivity (Wildman–Crippen MR) is 68.3 cm³/mol. The first-order valence-electron chi connectivity index (χ1n) is 5.47. The normalized spacial score (nSPS) is 9.81. The number of ether oxygens (including phenoxy) is 1. The average Bonchev–Trinajstić information content (AvgIpc) is 2.42. The minimum absolute atomic E-state index is 0.0655. The van der Waals surface area contributed by atoms with Crippen LogP contribution in [0.3, 0.4) is 0 Å². The molecule has 0 N–H and O–H groups in total. The van der Waals surface area contributed by atoms with Crippen LogP contribution in [-0.2, 0) is 0 Å². The zero-order valence-corrected chi connectivity index (χ0v) is 10.2. The highest BCUT2D eigenvalue weighted by atomic mass is 19.1. The van der Waals surface area contributed by atoms with Gasteiger partial charge in [0.25, 0.3) is 5.69 Å². The van der Waals surface area contributed by atoms with Crippen LogP contribution in [0.15, 0.2) is 41.5 Å². The number of azide groups is 1. The Labute approximate surface area is 116 Å². The molecule has 2 rings (SSSR count). The Morgan fingerprint density at radius 1 is 1.24 bits per heavy atom. The van der Waals surface area contributed by atoms with Crippen LogP contribution in [0.4, 0.5) is 20.2 Å². The molecule has 0 aliphatic carbocycles. The van der Waals surface area contributed by atoms with Gasteiger partial charge in [0.05, 0.1) is 11.0 Å². The summed E-state index contributed by atoms with van der Waals surface area (Å²) in [7, 11) is 0. The summed E-state index contributed by atoms with van der Waals surface area (Å²) in [6.07, 6.45) is 0. The van der Waals surface area contributed by atoms with Gasteiger partial charge in [-0.3, -0.25) is 10.1 Å². The van der Waals surface area contributed by atoms with E-state index in [0.29, 0.717) is 6.07 Å². The lowest BCUT2D eigenvalue weighted by Gasteiger charge is -2.07. The summed E-state index contributed by atoms with van der Waals surface area (Å²) in [5, 5.41) is 14.0. The quantitative estimate of drug-likeness (QED) is 0.270. The van der Waals surface area contributed by atoms with Crippen LogP contribution in [0.5, 0.6) is 11.5 Å². The van der Waals surface area contributed by atoms with Gasteiger partial charge in [-0.1, -0.05) is 5.11 Å². The standard InChI is InChI=1S/C12H6F2N4O3/c13-7-1-2-12(11(14)3-7)21-10-5-8(16-17-15)4-9(6-10)18(19)20/h1-6H. The lowest BCUT2D eigenvalue weighted by atomic mass is 10.2. The summed E-state index contributed by atoms with van der Waals surface area (Å²) in [5.41, 5.74) is 7.89. The van der Waals surface area contributed by atoms with E-state index < -0.39 is 22.2 Å². The smallest absolute Gasteiger partial charge is 0.273 e. The Bertz CT molecular complexity index is 740. The maximum Gasteiger partial charge on any atom is 0.273 e. The van der Waals surface area contributed by atoms with Crippen molar-refractivity contribution >= 4 is 11.4 Å². The summed E-state index contributed by atoms with van der Waals surface area (Å²) in [4.78, 5) is 12.6. The SMILES string of the molecule is [N-]=[N+]=Nc1cc(Oc2ccc(F)cc2F)cc([N+](=O)[O-])c1. The van der Waals surface area contributed by atoms with E-state index in [-0.39, 0.29) is 17.2 Å². The molecule has 0 amide bonds. The molecule has 2 aromatic rings. The zero-order valence-electron chi connectivity index (χ0n) is 10.2. The maximum atomic E-state index is 13.5. The second-order valence-corrected chi connectivity index (χ2v) is 3.81. The van der Waals surface area contributed by atoms with Crippen molar-refractivity contribution in [3.63, 3.8) is 0 Å². The maximum absolute atomic E-state index is 13.5. The van der Waals surface area contributed by atoms with Crippen molar-refractivity contribution in [2.45, 2.75) is 0 Å². The Morgan fingerprint density at radius 2 is 2.00 bits per heavy atom. The zero-order chi connectivity index (χ0) is 15.4. The van der Waals surface area contributed by atoms with E-state index in [9.17, 15) is 18.9 Å². The van der Waals surface area contributed by atoms with E-state index in [2.05, 4.69) is 10.0 Å². The second kappa shape index (κ2) is 5.85. The number of benzene rings is 2. The number of hydrogen-bond donors (Lipinski definition) is 0. The Hall–Kier alpha value is -3.19. The largest absolute Gasteiger partial charge is 0.454 e. The monoisotopic (exact) mass is 292 g/mol. The molecular formula is C12H6F2N4O3. The van der Waals surface area contributed by atoms with Crippen LogP contribution in [0.2, 0.25) is 0 Å². The van der Waals surface area contributed by atoms with E-state index in [1.807, 2.05) is 0 Å². The van der Waals surface area contributed by atoms with Gasteiger partial charge in [-0.2, -0.15) is 0 Å². The predicted octanol–water partition coefficient (Wildman–Crippen LogP) is 4.61. The van der Waals surface area contributed by atoms with Crippen LogP contribution in [-0.4, -0.2) is 4.92 Å². The molecule has 0 atom stereocenters. The Morgan fingerprint density at radius 3 is 2.62 bits per heavy atom. The van der Waals surface area contributed by atoms with Crippen LogP contribution in [0.25, 0.3) is 10.4 Å². The van der Waals surface area contributed by atoms with Gasteiger partial charge in [-0.15, -0.1) is 0 Å². The molecule has 0 unspecified atom stereocenters. The highest BCUT2D eigenvalue weighted by molar-refractivity contribution is 5.53. The lowest BCUT2D eigenvalue weighted by molar-refractivity contribution is -0.384. The fraction of sp³-hybridized carbons (Fsp3) is 0. The van der Waals surface area contributed by atoms with Gasteiger partial charge in [0, 0.05) is 22.7 Å². The molecule has 0 saturated heterocycles. The lowest BCUT2D eigenvalue weighted by Crippen LogP contribution is -1.92. The number of hydrogen-bond acceptors (Lipinski definition) is 4. The second-order valence-electron chi connectivity index (χ2n) is 3.81. The average molecular weight is 292 g/mol. The third-order valence-corrected chi connectivity index (χ3v) is 2.37. The molecule has 0 aliphatic rings. The summed E-state index contributed by atoms with van der Waals surface area (Å²) >= 11 is 0. The van der Waals surface area contributed by atoms with E-state index in [0.717, 1.165) is 24.3 Å². The molecular weight excluding hydrogens is 286 g/mol. The van der Waals surface area contributed by atoms with Crippen LogP contribution in [0, 0.1) is 21.7 Å². The highest BCUT2D eigenvalue weighted by Crippen LogP contribution is 2.32. The van der Waals surface area contributed by atoms with E-state index in [1.165, 1.54) is 6.07 Å². The van der Waals surface area contributed by atoms with Crippen molar-refractivity contribution < 1.29 is 18.4 Å². The summed E-state index contributed by atoms with van der Waals surface area (Å²) in [6.45, 7) is 0. The molecule has 9 heteroatoms. The number of nitrogens with zero attached hydrogens (tertiary/aromatic N) is 4. The van der Waals surface area contributed by atoms with E-state index in [4.69, 9.17) is 10.3 Å². The Balaban J connectivity index is 2.43. The first kappa shape index (κ1) is 14.2. The molecule has 0 fully saturated rings.